The molecule has 1 amide bonds. The summed E-state index contributed by atoms with van der Waals surface area (Å²) in [5, 5.41) is 7.18. The Kier molecular flexibility index (Phi) is 7.32. The SMILES string of the molecule is COC(=O)c1c(NC(=O)c2ccccc2)c2cc(NC[C@H]3CC=CCC3)cnc2n1C[C@H]1CCCO1. The van der Waals surface area contributed by atoms with Gasteiger partial charge in [0, 0.05) is 24.1 Å². The van der Waals surface area contributed by atoms with E-state index in [1.165, 1.54) is 7.11 Å². The van der Waals surface area contributed by atoms with Crippen LogP contribution in [0.1, 0.15) is 53.0 Å². The number of hydrogen-bond donors (Lipinski definition) is 2. The fourth-order valence-electron chi connectivity index (χ4n) is 5.01. The van der Waals surface area contributed by atoms with Crippen LogP contribution >= 0.6 is 0 Å². The van der Waals surface area contributed by atoms with Gasteiger partial charge in [-0.2, -0.15) is 0 Å². The highest BCUT2D eigenvalue weighted by Gasteiger charge is 2.29. The van der Waals surface area contributed by atoms with Gasteiger partial charge in [0.25, 0.3) is 5.91 Å². The van der Waals surface area contributed by atoms with E-state index in [-0.39, 0.29) is 17.7 Å². The Hall–Kier alpha value is -3.65. The first-order valence-electron chi connectivity index (χ1n) is 12.6. The third-order valence-electron chi connectivity index (χ3n) is 6.93. The molecule has 3 heterocycles. The van der Waals surface area contributed by atoms with Crippen molar-refractivity contribution < 1.29 is 19.1 Å². The molecule has 0 spiro atoms. The molecule has 1 aliphatic carbocycles. The highest BCUT2D eigenvalue weighted by molar-refractivity contribution is 6.14. The number of anilines is 2. The number of hydrogen-bond acceptors (Lipinski definition) is 6. The molecule has 5 rings (SSSR count). The molecule has 1 aliphatic heterocycles. The van der Waals surface area contributed by atoms with Crippen LogP contribution in [0.25, 0.3) is 11.0 Å². The number of benzene rings is 1. The number of nitrogens with zero attached hydrogens (tertiary/aromatic N) is 2. The van der Waals surface area contributed by atoms with E-state index in [2.05, 4.69) is 22.8 Å². The molecule has 2 aromatic heterocycles. The molecule has 2 atom stereocenters. The first kappa shape index (κ1) is 24.1. The van der Waals surface area contributed by atoms with Gasteiger partial charge in [-0.15, -0.1) is 0 Å². The van der Waals surface area contributed by atoms with Gasteiger partial charge in [0.05, 0.1) is 37.3 Å². The highest BCUT2D eigenvalue weighted by atomic mass is 16.5. The molecular formula is C28H32N4O4. The van der Waals surface area contributed by atoms with E-state index in [9.17, 15) is 9.59 Å². The van der Waals surface area contributed by atoms with Gasteiger partial charge in [-0.3, -0.25) is 4.79 Å². The third kappa shape index (κ3) is 5.14. The molecule has 3 aromatic rings. The number of amides is 1. The number of aromatic nitrogens is 2. The Balaban J connectivity index is 1.55. The van der Waals surface area contributed by atoms with Crippen LogP contribution in [0.15, 0.2) is 54.7 Å². The van der Waals surface area contributed by atoms with Gasteiger partial charge < -0.3 is 24.7 Å². The second-order valence-corrected chi connectivity index (χ2v) is 9.41. The smallest absolute Gasteiger partial charge is 0.356 e. The van der Waals surface area contributed by atoms with Crippen molar-refractivity contribution in [3.05, 3.63) is 66.0 Å². The lowest BCUT2D eigenvalue weighted by Gasteiger charge is -2.18. The standard InChI is InChI=1S/C28H32N4O4/c1-35-28(34)25-24(31-27(33)20-11-6-3-7-12-20)23-15-21(29-16-19-9-4-2-5-10-19)17-30-26(23)32(25)18-22-13-8-14-36-22/h2-4,6-7,11-12,15,17,19,22,29H,5,8-10,13-14,16,18H2,1H3,(H,31,33)/t19-,22+/m0/s1. The Morgan fingerprint density at radius 3 is 2.78 bits per heavy atom. The van der Waals surface area contributed by atoms with Crippen LogP contribution in [0.5, 0.6) is 0 Å². The normalized spacial score (nSPS) is 19.4. The first-order chi connectivity index (χ1) is 17.6. The minimum Gasteiger partial charge on any atom is -0.464 e. The Morgan fingerprint density at radius 2 is 2.06 bits per heavy atom. The lowest BCUT2D eigenvalue weighted by atomic mass is 9.94. The van der Waals surface area contributed by atoms with Crippen molar-refractivity contribution in [3.63, 3.8) is 0 Å². The van der Waals surface area contributed by atoms with E-state index >= 15 is 0 Å². The summed E-state index contributed by atoms with van der Waals surface area (Å²) in [5.74, 6) is -0.264. The molecule has 36 heavy (non-hydrogen) atoms. The van der Waals surface area contributed by atoms with E-state index < -0.39 is 5.97 Å². The van der Waals surface area contributed by atoms with Crippen molar-refractivity contribution in [1.29, 1.82) is 0 Å². The molecule has 0 unspecified atom stereocenters. The Morgan fingerprint density at radius 1 is 1.19 bits per heavy atom. The summed E-state index contributed by atoms with van der Waals surface area (Å²) in [7, 11) is 1.35. The van der Waals surface area contributed by atoms with E-state index in [4.69, 9.17) is 14.5 Å². The molecule has 8 nitrogen and oxygen atoms in total. The largest absolute Gasteiger partial charge is 0.464 e. The fourth-order valence-corrected chi connectivity index (χ4v) is 5.01. The van der Waals surface area contributed by atoms with E-state index in [0.29, 0.717) is 41.4 Å². The van der Waals surface area contributed by atoms with Gasteiger partial charge in [0.2, 0.25) is 0 Å². The van der Waals surface area contributed by atoms with Gasteiger partial charge in [-0.1, -0.05) is 30.4 Å². The van der Waals surface area contributed by atoms with Crippen molar-refractivity contribution in [1.82, 2.24) is 9.55 Å². The molecule has 8 heteroatoms. The lowest BCUT2D eigenvalue weighted by Crippen LogP contribution is -2.21. The van der Waals surface area contributed by atoms with Gasteiger partial charge >= 0.3 is 5.97 Å². The number of pyridine rings is 1. The number of esters is 1. The lowest BCUT2D eigenvalue weighted by molar-refractivity contribution is 0.0580. The molecule has 2 aliphatic rings. The van der Waals surface area contributed by atoms with Gasteiger partial charge in [-0.25, -0.2) is 9.78 Å². The van der Waals surface area contributed by atoms with E-state index in [0.717, 1.165) is 44.3 Å². The average Bonchev–Trinajstić information content (AvgIpc) is 3.54. The maximum atomic E-state index is 13.2. The second kappa shape index (κ2) is 11.0. The topological polar surface area (TPSA) is 94.5 Å². The summed E-state index contributed by atoms with van der Waals surface area (Å²) in [6.07, 6.45) is 11.4. The first-order valence-corrected chi connectivity index (χ1v) is 12.6. The van der Waals surface area contributed by atoms with Crippen molar-refractivity contribution >= 4 is 34.3 Å². The Labute approximate surface area is 210 Å². The van der Waals surface area contributed by atoms with E-state index in [1.54, 1.807) is 30.5 Å². The van der Waals surface area contributed by atoms with E-state index in [1.807, 2.05) is 16.7 Å². The molecule has 0 saturated carbocycles. The average molecular weight is 489 g/mol. The number of nitrogens with one attached hydrogen (secondary N) is 2. The maximum absolute atomic E-state index is 13.2. The maximum Gasteiger partial charge on any atom is 0.356 e. The molecule has 2 N–H and O–H groups in total. The highest BCUT2D eigenvalue weighted by Crippen LogP contribution is 2.34. The monoisotopic (exact) mass is 488 g/mol. The summed E-state index contributed by atoms with van der Waals surface area (Å²) in [6, 6.07) is 10.9. The number of fused-ring (bicyclic) bond motifs is 1. The molecule has 188 valence electrons. The summed E-state index contributed by atoms with van der Waals surface area (Å²) < 4.78 is 12.8. The van der Waals surface area contributed by atoms with Crippen LogP contribution in [-0.2, 0) is 16.0 Å². The van der Waals surface area contributed by atoms with Crippen LogP contribution in [-0.4, -0.2) is 47.8 Å². The zero-order valence-corrected chi connectivity index (χ0v) is 20.5. The van der Waals surface area contributed by atoms with Crippen molar-refractivity contribution in [2.75, 3.05) is 30.9 Å². The molecule has 0 bridgehead atoms. The van der Waals surface area contributed by atoms with Gasteiger partial charge in [-0.05, 0) is 56.2 Å². The number of methoxy groups -OCH3 is 1. The van der Waals surface area contributed by atoms with Crippen LogP contribution in [0.3, 0.4) is 0 Å². The number of allylic oxidation sites excluding steroid dienone is 2. The Bertz CT molecular complexity index is 1260. The number of carbonyl (C=O) groups excluding carboxylic acids is 2. The number of carbonyl (C=O) groups is 2. The quantitative estimate of drug-likeness (QED) is 0.341. The summed E-state index contributed by atoms with van der Waals surface area (Å²) in [5.41, 5.74) is 2.63. The van der Waals surface area contributed by atoms with Crippen LogP contribution in [0.2, 0.25) is 0 Å². The molecular weight excluding hydrogens is 456 g/mol. The predicted molar refractivity (Wildman–Crippen MR) is 139 cm³/mol. The third-order valence-corrected chi connectivity index (χ3v) is 6.93. The number of rotatable bonds is 8. The molecule has 1 fully saturated rings. The van der Waals surface area contributed by atoms with Crippen LogP contribution in [0.4, 0.5) is 11.4 Å². The van der Waals surface area contributed by atoms with Gasteiger partial charge in [0.1, 0.15) is 5.65 Å². The van der Waals surface area contributed by atoms with Crippen LogP contribution < -0.4 is 10.6 Å². The molecule has 1 aromatic carbocycles. The minimum atomic E-state index is -0.530. The fraction of sp³-hybridized carbons (Fsp3) is 0.393. The summed E-state index contributed by atoms with van der Waals surface area (Å²) in [4.78, 5) is 30.9. The van der Waals surface area contributed by atoms with Crippen molar-refractivity contribution in [2.24, 2.45) is 5.92 Å². The summed E-state index contributed by atoms with van der Waals surface area (Å²) >= 11 is 0. The summed E-state index contributed by atoms with van der Waals surface area (Å²) in [6.45, 7) is 1.99. The predicted octanol–water partition coefficient (Wildman–Crippen LogP) is 5.02. The van der Waals surface area contributed by atoms with Crippen molar-refractivity contribution in [3.8, 4) is 0 Å². The zero-order chi connectivity index (χ0) is 24.9. The molecule has 0 radical (unpaired) electrons. The van der Waals surface area contributed by atoms with Crippen LogP contribution in [0, 0.1) is 5.92 Å². The minimum absolute atomic E-state index is 0.0272. The van der Waals surface area contributed by atoms with Gasteiger partial charge in [0.15, 0.2) is 5.69 Å². The second-order valence-electron chi connectivity index (χ2n) is 9.41. The molecule has 1 saturated heterocycles. The number of ether oxygens (including phenoxy) is 2. The van der Waals surface area contributed by atoms with Crippen molar-refractivity contribution in [2.45, 2.75) is 44.8 Å². The zero-order valence-electron chi connectivity index (χ0n) is 20.5.